The maximum Gasteiger partial charge on any atom is 0.236 e. The summed E-state index contributed by atoms with van der Waals surface area (Å²) in [5.41, 5.74) is 8.85. The number of para-hydroxylation sites is 4. The zero-order valence-electron chi connectivity index (χ0n) is 26.8. The molecule has 6 heteroatoms. The molecule has 0 saturated heterocycles. The second-order valence-corrected chi connectivity index (χ2v) is 12.8. The molecule has 6 nitrogen and oxygen atoms in total. The molecule has 0 aliphatic rings. The number of hydrogen-bond acceptors (Lipinski definition) is 2. The monoisotopic (exact) mass is 640 g/mol. The van der Waals surface area contributed by atoms with Gasteiger partial charge in [-0.15, -0.1) is 0 Å². The Labute approximate surface area is 286 Å². The Balaban J connectivity index is 1.24. The summed E-state index contributed by atoms with van der Waals surface area (Å²) in [6.45, 7) is 0. The first kappa shape index (κ1) is 27.1. The van der Waals surface area contributed by atoms with Crippen LogP contribution in [0.25, 0.3) is 88.6 Å². The van der Waals surface area contributed by atoms with Crippen LogP contribution in [0.3, 0.4) is 0 Å². The molecule has 11 aromatic rings. The molecule has 0 unspecified atom stereocenters. The minimum Gasteiger partial charge on any atom is -0.315 e. The molecule has 234 valence electrons. The van der Waals surface area contributed by atoms with Crippen LogP contribution in [0.2, 0.25) is 0 Å². The molecule has 6 aromatic carbocycles. The zero-order chi connectivity index (χ0) is 32.8. The van der Waals surface area contributed by atoms with Crippen molar-refractivity contribution < 1.29 is 0 Å². The predicted octanol–water partition coefficient (Wildman–Crippen LogP) is 10.6. The van der Waals surface area contributed by atoms with Crippen LogP contribution in [0.15, 0.2) is 170 Å². The molecule has 0 fully saturated rings. The summed E-state index contributed by atoms with van der Waals surface area (Å²) in [5, 5.41) is 7.03. The molecule has 0 aliphatic carbocycles. The van der Waals surface area contributed by atoms with Gasteiger partial charge in [-0.05, 0) is 54.6 Å². The molecule has 50 heavy (non-hydrogen) atoms. The van der Waals surface area contributed by atoms with Gasteiger partial charge in [0.1, 0.15) is 5.82 Å². The predicted molar refractivity (Wildman–Crippen MR) is 204 cm³/mol. The van der Waals surface area contributed by atoms with Gasteiger partial charge < -0.3 is 9.13 Å². The van der Waals surface area contributed by atoms with Crippen LogP contribution < -0.4 is 0 Å². The summed E-state index contributed by atoms with van der Waals surface area (Å²) < 4.78 is 9.12. The Morgan fingerprint density at radius 1 is 0.380 bits per heavy atom. The summed E-state index contributed by atoms with van der Waals surface area (Å²) in [4.78, 5) is 10.4. The van der Waals surface area contributed by atoms with E-state index in [4.69, 9.17) is 9.97 Å². The number of hydrogen-bond donors (Lipinski definition) is 0. The molecule has 0 amide bonds. The van der Waals surface area contributed by atoms with Crippen molar-refractivity contribution in [3.05, 3.63) is 170 Å². The Morgan fingerprint density at radius 3 is 1.46 bits per heavy atom. The van der Waals surface area contributed by atoms with Crippen molar-refractivity contribution in [2.24, 2.45) is 0 Å². The maximum atomic E-state index is 5.44. The normalized spacial score (nSPS) is 12.0. The van der Waals surface area contributed by atoms with Crippen LogP contribution in [0.4, 0.5) is 0 Å². The first-order valence-electron chi connectivity index (χ1n) is 16.8. The molecule has 5 heterocycles. The topological polar surface area (TPSA) is 45.5 Å². The van der Waals surface area contributed by atoms with Crippen LogP contribution >= 0.6 is 0 Å². The first-order valence-corrected chi connectivity index (χ1v) is 16.8. The summed E-state index contributed by atoms with van der Waals surface area (Å²) in [5.74, 6) is 1.43. The highest BCUT2D eigenvalue weighted by Gasteiger charge is 2.22. The van der Waals surface area contributed by atoms with E-state index in [-0.39, 0.29) is 0 Å². The second-order valence-electron chi connectivity index (χ2n) is 12.8. The highest BCUT2D eigenvalue weighted by molar-refractivity contribution is 6.19. The van der Waals surface area contributed by atoms with Gasteiger partial charge in [0.25, 0.3) is 0 Å². The van der Waals surface area contributed by atoms with E-state index < -0.39 is 0 Å². The van der Waals surface area contributed by atoms with E-state index in [9.17, 15) is 0 Å². The van der Waals surface area contributed by atoms with Crippen molar-refractivity contribution in [1.29, 1.82) is 0 Å². The molecular formula is C44H28N6. The van der Waals surface area contributed by atoms with Crippen molar-refractivity contribution in [2.75, 3.05) is 0 Å². The fourth-order valence-electron chi connectivity index (χ4n) is 7.97. The van der Waals surface area contributed by atoms with Gasteiger partial charge in [0.2, 0.25) is 5.95 Å². The van der Waals surface area contributed by atoms with Crippen molar-refractivity contribution in [3.8, 4) is 23.1 Å². The van der Waals surface area contributed by atoms with Crippen molar-refractivity contribution >= 4 is 65.4 Å². The Kier molecular flexibility index (Phi) is 5.57. The van der Waals surface area contributed by atoms with Crippen LogP contribution in [0, 0.1) is 0 Å². The van der Waals surface area contributed by atoms with E-state index >= 15 is 0 Å². The molecule has 0 spiro atoms. The molecular weight excluding hydrogens is 613 g/mol. The van der Waals surface area contributed by atoms with E-state index in [2.05, 4.69) is 176 Å². The summed E-state index contributed by atoms with van der Waals surface area (Å²) in [6.07, 6.45) is 6.22. The van der Waals surface area contributed by atoms with Crippen LogP contribution in [-0.2, 0) is 0 Å². The molecule has 0 aliphatic heterocycles. The van der Waals surface area contributed by atoms with Crippen molar-refractivity contribution in [2.45, 2.75) is 0 Å². The quantitative estimate of drug-likeness (QED) is 0.192. The van der Waals surface area contributed by atoms with Gasteiger partial charge >= 0.3 is 0 Å². The molecule has 0 atom stereocenters. The number of rotatable bonds is 4. The van der Waals surface area contributed by atoms with Gasteiger partial charge in [-0.3, -0.25) is 9.13 Å². The SMILES string of the molecule is c1ccc(-n2ccc3ccc4c5ccccc5n(-c5ccnc(-n6c7ccccc7c7ccc8ccn(-c9ccccc9)c8c76)n5)c4c32)cc1. The van der Waals surface area contributed by atoms with Gasteiger partial charge in [0.15, 0.2) is 0 Å². The lowest BCUT2D eigenvalue weighted by atomic mass is 10.1. The highest BCUT2D eigenvalue weighted by Crippen LogP contribution is 2.39. The lowest BCUT2D eigenvalue weighted by molar-refractivity contribution is 0.948. The Hall–Kier alpha value is -6.92. The van der Waals surface area contributed by atoms with Crippen molar-refractivity contribution in [3.63, 3.8) is 0 Å². The Morgan fingerprint density at radius 2 is 0.880 bits per heavy atom. The largest absolute Gasteiger partial charge is 0.315 e. The molecule has 0 saturated carbocycles. The minimum absolute atomic E-state index is 0.624. The summed E-state index contributed by atoms with van der Waals surface area (Å²) in [6, 6.07) is 53.6. The third-order valence-electron chi connectivity index (χ3n) is 10.1. The third kappa shape index (κ3) is 3.73. The van der Waals surface area contributed by atoms with Gasteiger partial charge in [0, 0.05) is 62.3 Å². The lowest BCUT2D eigenvalue weighted by Crippen LogP contribution is -2.06. The van der Waals surface area contributed by atoms with Crippen LogP contribution in [0.5, 0.6) is 0 Å². The number of benzene rings is 6. The minimum atomic E-state index is 0.624. The van der Waals surface area contributed by atoms with Gasteiger partial charge in [-0.2, -0.15) is 4.98 Å². The van der Waals surface area contributed by atoms with Gasteiger partial charge in [-0.25, -0.2) is 4.98 Å². The summed E-state index contributed by atoms with van der Waals surface area (Å²) >= 11 is 0. The standard InChI is InChI=1S/C44H28N6/c1-3-11-31(12-4-1)47-27-24-29-19-21-35-33-15-7-9-17-37(33)49(42(35)40(29)47)39-23-26-45-44(46-39)50-38-18-10-8-16-34(38)36-22-20-30-25-28-48(41(30)43(36)50)32-13-5-2-6-14-32/h1-28H. The molecule has 0 bridgehead atoms. The fourth-order valence-corrected chi connectivity index (χ4v) is 7.97. The highest BCUT2D eigenvalue weighted by atomic mass is 15.2. The zero-order valence-corrected chi connectivity index (χ0v) is 26.8. The average molecular weight is 641 g/mol. The first-order chi connectivity index (χ1) is 24.8. The van der Waals surface area contributed by atoms with E-state index in [0.717, 1.165) is 61.1 Å². The van der Waals surface area contributed by atoms with Gasteiger partial charge in [-0.1, -0.05) is 97.1 Å². The van der Waals surface area contributed by atoms with Crippen LogP contribution in [-0.4, -0.2) is 28.2 Å². The maximum absolute atomic E-state index is 5.44. The van der Waals surface area contributed by atoms with E-state index in [1.54, 1.807) is 0 Å². The molecule has 0 N–H and O–H groups in total. The van der Waals surface area contributed by atoms with E-state index in [0.29, 0.717) is 5.95 Å². The van der Waals surface area contributed by atoms with E-state index in [1.807, 2.05) is 12.3 Å². The average Bonchev–Trinajstić information content (AvgIpc) is 3.96. The second kappa shape index (κ2) is 10.3. The molecule has 11 rings (SSSR count). The van der Waals surface area contributed by atoms with E-state index in [1.165, 1.54) is 21.5 Å². The fraction of sp³-hybridized carbons (Fsp3) is 0. The van der Waals surface area contributed by atoms with Crippen molar-refractivity contribution in [1.82, 2.24) is 28.2 Å². The number of aromatic nitrogens is 6. The molecule has 0 radical (unpaired) electrons. The smallest absolute Gasteiger partial charge is 0.236 e. The number of fused-ring (bicyclic) bond motifs is 10. The van der Waals surface area contributed by atoms with Crippen LogP contribution in [0.1, 0.15) is 0 Å². The number of nitrogens with zero attached hydrogens (tertiary/aromatic N) is 6. The summed E-state index contributed by atoms with van der Waals surface area (Å²) in [7, 11) is 0. The lowest BCUT2D eigenvalue weighted by Gasteiger charge is -2.13. The van der Waals surface area contributed by atoms with Gasteiger partial charge in [0.05, 0.1) is 33.1 Å². The Bertz CT molecular complexity index is 2880. The molecule has 5 aromatic heterocycles. The third-order valence-corrected chi connectivity index (χ3v) is 10.1.